The average molecular weight is 489 g/mol. The molecule has 1 atom stereocenters. The summed E-state index contributed by atoms with van der Waals surface area (Å²) in [5.41, 5.74) is 0.616. The zero-order chi connectivity index (χ0) is 24.8. The fraction of sp³-hybridized carbons (Fsp3) is 0.462. The molecule has 0 spiro atoms. The van der Waals surface area contributed by atoms with Crippen LogP contribution in [-0.2, 0) is 23.9 Å². The molecule has 0 aliphatic carbocycles. The molecule has 1 aromatic heterocycles. The van der Waals surface area contributed by atoms with Crippen molar-refractivity contribution in [1.82, 2.24) is 0 Å². The number of carbonyl (C=O) groups excluding carboxylic acids is 3. The number of carboxylic acid groups (broad SMARTS) is 1. The molecule has 1 heterocycles. The number of unbranched alkanes of at least 4 members (excludes halogenated alkanes) is 4. The van der Waals surface area contributed by atoms with Gasteiger partial charge in [0.05, 0.1) is 24.0 Å². The van der Waals surface area contributed by atoms with E-state index in [4.69, 9.17) is 14.6 Å². The number of carboxylic acids is 1. The van der Waals surface area contributed by atoms with E-state index in [2.05, 4.69) is 0 Å². The van der Waals surface area contributed by atoms with Crippen molar-refractivity contribution in [3.05, 3.63) is 57.8 Å². The van der Waals surface area contributed by atoms with Gasteiger partial charge in [0, 0.05) is 23.3 Å². The second kappa shape index (κ2) is 15.0. The molecule has 0 aliphatic heterocycles. The molecule has 1 aromatic carbocycles. The van der Waals surface area contributed by atoms with E-state index in [-0.39, 0.29) is 30.7 Å². The lowest BCUT2D eigenvalue weighted by Crippen LogP contribution is -2.13. The third-order valence-corrected chi connectivity index (χ3v) is 6.50. The van der Waals surface area contributed by atoms with Gasteiger partial charge < -0.3 is 14.6 Å². The Morgan fingerprint density at radius 3 is 2.15 bits per heavy atom. The first-order chi connectivity index (χ1) is 16.4. The normalized spacial score (nSPS) is 11.6. The molecule has 8 heteroatoms. The van der Waals surface area contributed by atoms with Gasteiger partial charge in [-0.3, -0.25) is 19.2 Å². The Hall–Kier alpha value is -3.00. The quantitative estimate of drug-likeness (QED) is 0.192. The van der Waals surface area contributed by atoms with Gasteiger partial charge in [0.15, 0.2) is 0 Å². The minimum absolute atomic E-state index is 0.0610. The second-order valence-corrected chi connectivity index (χ2v) is 9.14. The number of esters is 2. The summed E-state index contributed by atoms with van der Waals surface area (Å²) in [6, 6.07) is 12.6. The second-order valence-electron chi connectivity index (χ2n) is 8.02. The largest absolute Gasteiger partial charge is 0.481 e. The van der Waals surface area contributed by atoms with E-state index >= 15 is 0 Å². The lowest BCUT2D eigenvalue weighted by molar-refractivity contribution is -0.146. The van der Waals surface area contributed by atoms with Crippen LogP contribution in [0.3, 0.4) is 0 Å². The molecule has 0 bridgehead atoms. The van der Waals surface area contributed by atoms with Crippen LogP contribution >= 0.6 is 11.3 Å². The summed E-state index contributed by atoms with van der Waals surface area (Å²) in [7, 11) is 0. The van der Waals surface area contributed by atoms with Crippen molar-refractivity contribution < 1.29 is 33.8 Å². The number of ether oxygens (including phenoxy) is 2. The lowest BCUT2D eigenvalue weighted by Gasteiger charge is -2.10. The van der Waals surface area contributed by atoms with Crippen LogP contribution in [0.2, 0.25) is 0 Å². The van der Waals surface area contributed by atoms with Gasteiger partial charge >= 0.3 is 17.9 Å². The highest BCUT2D eigenvalue weighted by atomic mass is 32.1. The van der Waals surface area contributed by atoms with Crippen molar-refractivity contribution >= 4 is 35.0 Å². The van der Waals surface area contributed by atoms with Crippen LogP contribution in [0.5, 0.6) is 0 Å². The highest BCUT2D eigenvalue weighted by molar-refractivity contribution is 7.14. The topological polar surface area (TPSA) is 107 Å². The van der Waals surface area contributed by atoms with Gasteiger partial charge in [-0.2, -0.15) is 0 Å². The average Bonchev–Trinajstić information content (AvgIpc) is 3.33. The van der Waals surface area contributed by atoms with Gasteiger partial charge in [0.2, 0.25) is 5.78 Å². The van der Waals surface area contributed by atoms with Crippen molar-refractivity contribution in [3.8, 4) is 0 Å². The van der Waals surface area contributed by atoms with Crippen molar-refractivity contribution in [3.63, 3.8) is 0 Å². The first kappa shape index (κ1) is 27.2. The number of aliphatic carboxylic acids is 1. The standard InChI is InChI=1S/C26H32O7S/c1-19(21-15-16-22(34-21)25(30)20-11-5-2-6-12-20)26(31)33-18-10-4-8-14-24(29)32-17-9-3-7-13-23(27)28/h2,5-6,11-12,15-16,19H,3-4,7-10,13-14,17-18H2,1H3,(H,27,28). The van der Waals surface area contributed by atoms with Crippen molar-refractivity contribution in [2.24, 2.45) is 0 Å². The van der Waals surface area contributed by atoms with E-state index in [0.29, 0.717) is 49.2 Å². The minimum atomic E-state index is -0.812. The molecule has 1 N–H and O–H groups in total. The number of benzene rings is 1. The van der Waals surface area contributed by atoms with Crippen LogP contribution in [0.15, 0.2) is 42.5 Å². The fourth-order valence-electron chi connectivity index (χ4n) is 3.21. The number of carbonyl (C=O) groups is 4. The summed E-state index contributed by atoms with van der Waals surface area (Å²) in [6.45, 7) is 2.36. The fourth-order valence-corrected chi connectivity index (χ4v) is 4.22. The predicted octanol–water partition coefficient (Wildman–Crippen LogP) is 5.37. The molecule has 0 aliphatic rings. The summed E-state index contributed by atoms with van der Waals surface area (Å²) in [4.78, 5) is 48.4. The Balaban J connectivity index is 1.57. The number of hydrogen-bond acceptors (Lipinski definition) is 7. The number of hydrogen-bond donors (Lipinski definition) is 1. The lowest BCUT2D eigenvalue weighted by atomic mass is 10.1. The molecule has 7 nitrogen and oxygen atoms in total. The van der Waals surface area contributed by atoms with Gasteiger partial charge in [0.25, 0.3) is 0 Å². The maximum atomic E-state index is 12.5. The Kier molecular flexibility index (Phi) is 12.0. The van der Waals surface area contributed by atoms with Crippen LogP contribution in [0.4, 0.5) is 0 Å². The monoisotopic (exact) mass is 488 g/mol. The molecule has 1 unspecified atom stereocenters. The highest BCUT2D eigenvalue weighted by Crippen LogP contribution is 2.27. The van der Waals surface area contributed by atoms with Gasteiger partial charge in [-0.25, -0.2) is 0 Å². The van der Waals surface area contributed by atoms with Gasteiger partial charge in [-0.1, -0.05) is 30.3 Å². The number of rotatable bonds is 16. The Bertz CT molecular complexity index is 936. The summed E-state index contributed by atoms with van der Waals surface area (Å²) >= 11 is 1.31. The first-order valence-corrected chi connectivity index (χ1v) is 12.4. The van der Waals surface area contributed by atoms with Crippen LogP contribution in [-0.4, -0.2) is 42.0 Å². The Morgan fingerprint density at radius 1 is 0.824 bits per heavy atom. The van der Waals surface area contributed by atoms with Crippen molar-refractivity contribution in [1.29, 1.82) is 0 Å². The minimum Gasteiger partial charge on any atom is -0.481 e. The maximum absolute atomic E-state index is 12.5. The van der Waals surface area contributed by atoms with E-state index in [0.717, 1.165) is 17.7 Å². The van der Waals surface area contributed by atoms with Crippen molar-refractivity contribution in [2.45, 2.75) is 64.2 Å². The summed E-state index contributed by atoms with van der Waals surface area (Å²) in [6.07, 6.45) is 4.48. The van der Waals surface area contributed by atoms with Gasteiger partial charge in [-0.15, -0.1) is 11.3 Å². The summed E-state index contributed by atoms with van der Waals surface area (Å²) in [5.74, 6) is -1.92. The van der Waals surface area contributed by atoms with Gasteiger partial charge in [-0.05, 0) is 57.6 Å². The third kappa shape index (κ3) is 9.87. The van der Waals surface area contributed by atoms with E-state index < -0.39 is 11.9 Å². The number of ketones is 1. The molecule has 34 heavy (non-hydrogen) atoms. The Labute approximate surface area is 204 Å². The SMILES string of the molecule is CC(C(=O)OCCCCCC(=O)OCCCCCC(=O)O)c1ccc(C(=O)c2ccccc2)s1. The molecule has 2 rings (SSSR count). The molecule has 0 fully saturated rings. The third-order valence-electron chi connectivity index (χ3n) is 5.23. The van der Waals surface area contributed by atoms with E-state index in [1.54, 1.807) is 31.2 Å². The van der Waals surface area contributed by atoms with Crippen LogP contribution in [0.1, 0.15) is 84.3 Å². The molecule has 0 amide bonds. The molecular formula is C26H32O7S. The zero-order valence-corrected chi connectivity index (χ0v) is 20.3. The van der Waals surface area contributed by atoms with E-state index in [9.17, 15) is 19.2 Å². The molecule has 0 saturated carbocycles. The van der Waals surface area contributed by atoms with Crippen LogP contribution in [0.25, 0.3) is 0 Å². The molecule has 2 aromatic rings. The molecule has 184 valence electrons. The first-order valence-electron chi connectivity index (χ1n) is 11.6. The maximum Gasteiger partial charge on any atom is 0.313 e. The van der Waals surface area contributed by atoms with Crippen molar-refractivity contribution in [2.75, 3.05) is 13.2 Å². The highest BCUT2D eigenvalue weighted by Gasteiger charge is 2.21. The smallest absolute Gasteiger partial charge is 0.313 e. The number of thiophene rings is 1. The van der Waals surface area contributed by atoms with E-state index in [1.165, 1.54) is 11.3 Å². The molecular weight excluding hydrogens is 456 g/mol. The van der Waals surface area contributed by atoms with E-state index in [1.807, 2.05) is 18.2 Å². The zero-order valence-electron chi connectivity index (χ0n) is 19.5. The summed E-state index contributed by atoms with van der Waals surface area (Å²) in [5, 5.41) is 8.56. The predicted molar refractivity (Wildman–Crippen MR) is 129 cm³/mol. The Morgan fingerprint density at radius 2 is 1.47 bits per heavy atom. The molecule has 0 radical (unpaired) electrons. The summed E-state index contributed by atoms with van der Waals surface area (Å²) < 4.78 is 10.5. The van der Waals surface area contributed by atoms with Crippen LogP contribution < -0.4 is 0 Å². The van der Waals surface area contributed by atoms with Crippen LogP contribution in [0, 0.1) is 0 Å². The van der Waals surface area contributed by atoms with Gasteiger partial charge in [0.1, 0.15) is 0 Å². The molecule has 0 saturated heterocycles.